The maximum Gasteiger partial charge on any atom is 0.131 e. The summed E-state index contributed by atoms with van der Waals surface area (Å²) in [5.74, 6) is 0.468. The summed E-state index contributed by atoms with van der Waals surface area (Å²) in [6.45, 7) is 5.99. The summed E-state index contributed by atoms with van der Waals surface area (Å²) < 4.78 is 19.1. The Kier molecular flexibility index (Phi) is 5.49. The van der Waals surface area contributed by atoms with Crippen LogP contribution in [-0.2, 0) is 13.2 Å². The highest BCUT2D eigenvalue weighted by atomic mass is 32.1. The van der Waals surface area contributed by atoms with E-state index < -0.39 is 0 Å². The van der Waals surface area contributed by atoms with Crippen molar-refractivity contribution < 1.29 is 9.13 Å². The minimum Gasteiger partial charge on any atom is -0.487 e. The highest BCUT2D eigenvalue weighted by Gasteiger charge is 2.07. The van der Waals surface area contributed by atoms with Crippen molar-refractivity contribution in [1.29, 1.82) is 0 Å². The monoisotopic (exact) mass is 294 g/mol. The van der Waals surface area contributed by atoms with Crippen LogP contribution in [0.25, 0.3) is 0 Å². The van der Waals surface area contributed by atoms with Crippen molar-refractivity contribution in [1.82, 2.24) is 10.3 Å². The van der Waals surface area contributed by atoms with Gasteiger partial charge in [0.25, 0.3) is 0 Å². The van der Waals surface area contributed by atoms with Gasteiger partial charge in [0.05, 0.1) is 10.7 Å². The fourth-order valence-corrected chi connectivity index (χ4v) is 2.45. The molecule has 5 heteroatoms. The summed E-state index contributed by atoms with van der Waals surface area (Å²) in [5.41, 5.74) is 1.75. The van der Waals surface area contributed by atoms with E-state index in [0.717, 1.165) is 29.2 Å². The Labute approximate surface area is 122 Å². The van der Waals surface area contributed by atoms with E-state index in [1.807, 2.05) is 12.3 Å². The molecule has 0 aliphatic carbocycles. The SMILES string of the molecule is CCCNCc1cc(F)ccc1OCc1csc(C)n1. The number of benzene rings is 1. The van der Waals surface area contributed by atoms with Gasteiger partial charge in [-0.1, -0.05) is 6.92 Å². The number of ether oxygens (including phenoxy) is 1. The molecule has 3 nitrogen and oxygen atoms in total. The normalized spacial score (nSPS) is 10.8. The van der Waals surface area contributed by atoms with Crippen LogP contribution in [0.2, 0.25) is 0 Å². The number of halogens is 1. The fraction of sp³-hybridized carbons (Fsp3) is 0.400. The first-order valence-electron chi connectivity index (χ1n) is 6.72. The number of aryl methyl sites for hydroxylation is 1. The number of nitrogens with zero attached hydrogens (tertiary/aromatic N) is 1. The number of rotatable bonds is 7. The predicted octanol–water partition coefficient (Wildman–Crippen LogP) is 3.67. The molecule has 0 radical (unpaired) electrons. The second-order valence-electron chi connectivity index (χ2n) is 4.58. The molecule has 0 aliphatic rings. The second-order valence-corrected chi connectivity index (χ2v) is 5.64. The van der Waals surface area contributed by atoms with Crippen molar-refractivity contribution in [2.45, 2.75) is 33.4 Å². The predicted molar refractivity (Wildman–Crippen MR) is 79.6 cm³/mol. The average Bonchev–Trinajstić information content (AvgIpc) is 2.84. The Morgan fingerprint density at radius 3 is 2.95 bits per heavy atom. The van der Waals surface area contributed by atoms with Crippen LogP contribution in [0.1, 0.15) is 29.6 Å². The maximum absolute atomic E-state index is 13.3. The molecule has 0 atom stereocenters. The van der Waals surface area contributed by atoms with Gasteiger partial charge < -0.3 is 10.1 Å². The van der Waals surface area contributed by atoms with Gasteiger partial charge in [0, 0.05) is 17.5 Å². The van der Waals surface area contributed by atoms with E-state index >= 15 is 0 Å². The van der Waals surface area contributed by atoms with E-state index in [-0.39, 0.29) is 5.82 Å². The van der Waals surface area contributed by atoms with Crippen LogP contribution >= 0.6 is 11.3 Å². The Morgan fingerprint density at radius 1 is 1.40 bits per heavy atom. The topological polar surface area (TPSA) is 34.1 Å². The van der Waals surface area contributed by atoms with Crippen LogP contribution in [0, 0.1) is 12.7 Å². The molecule has 1 aromatic carbocycles. The van der Waals surface area contributed by atoms with E-state index in [1.54, 1.807) is 17.4 Å². The van der Waals surface area contributed by atoms with Crippen molar-refractivity contribution in [3.05, 3.63) is 45.7 Å². The molecule has 1 N–H and O–H groups in total. The van der Waals surface area contributed by atoms with Gasteiger partial charge in [-0.25, -0.2) is 9.37 Å². The van der Waals surface area contributed by atoms with Gasteiger partial charge in [-0.05, 0) is 38.1 Å². The van der Waals surface area contributed by atoms with Gasteiger partial charge in [-0.3, -0.25) is 0 Å². The maximum atomic E-state index is 13.3. The van der Waals surface area contributed by atoms with Crippen LogP contribution < -0.4 is 10.1 Å². The molecule has 1 aromatic heterocycles. The number of nitrogens with one attached hydrogen (secondary N) is 1. The molecule has 108 valence electrons. The van der Waals surface area contributed by atoms with E-state index in [9.17, 15) is 4.39 Å². The van der Waals surface area contributed by atoms with Crippen LogP contribution in [0.15, 0.2) is 23.6 Å². The number of aromatic nitrogens is 1. The first-order chi connectivity index (χ1) is 9.69. The minimum absolute atomic E-state index is 0.241. The summed E-state index contributed by atoms with van der Waals surface area (Å²) in [7, 11) is 0. The molecule has 20 heavy (non-hydrogen) atoms. The van der Waals surface area contributed by atoms with Crippen molar-refractivity contribution in [2.24, 2.45) is 0 Å². The molecular formula is C15H19FN2OS. The summed E-state index contributed by atoms with van der Waals surface area (Å²) in [4.78, 5) is 4.35. The summed E-state index contributed by atoms with van der Waals surface area (Å²) >= 11 is 1.60. The molecule has 0 bridgehead atoms. The fourth-order valence-electron chi connectivity index (χ4n) is 1.85. The third-order valence-corrected chi connectivity index (χ3v) is 3.63. The quantitative estimate of drug-likeness (QED) is 0.791. The van der Waals surface area contributed by atoms with Crippen molar-refractivity contribution >= 4 is 11.3 Å². The Balaban J connectivity index is 2.01. The molecule has 0 fully saturated rings. The lowest BCUT2D eigenvalue weighted by Gasteiger charge is -2.11. The summed E-state index contributed by atoms with van der Waals surface area (Å²) in [5, 5.41) is 6.26. The molecule has 2 aromatic rings. The molecule has 0 spiro atoms. The molecule has 0 saturated carbocycles. The Bertz CT molecular complexity index is 557. The standard InChI is InChI=1S/C15H19FN2OS/c1-3-6-17-8-12-7-13(16)4-5-15(12)19-9-14-10-20-11(2)18-14/h4-5,7,10,17H,3,6,8-9H2,1-2H3. The highest BCUT2D eigenvalue weighted by molar-refractivity contribution is 7.09. The van der Waals surface area contributed by atoms with Gasteiger partial charge in [0.2, 0.25) is 0 Å². The van der Waals surface area contributed by atoms with Crippen molar-refractivity contribution in [2.75, 3.05) is 6.54 Å². The first-order valence-corrected chi connectivity index (χ1v) is 7.60. The zero-order valence-electron chi connectivity index (χ0n) is 11.8. The van der Waals surface area contributed by atoms with Crippen LogP contribution in [-0.4, -0.2) is 11.5 Å². The van der Waals surface area contributed by atoms with Gasteiger partial charge in [-0.15, -0.1) is 11.3 Å². The van der Waals surface area contributed by atoms with Crippen LogP contribution in [0.5, 0.6) is 5.75 Å². The van der Waals surface area contributed by atoms with Crippen LogP contribution in [0.4, 0.5) is 4.39 Å². The Hall–Kier alpha value is -1.46. The Morgan fingerprint density at radius 2 is 2.25 bits per heavy atom. The molecule has 0 aliphatic heterocycles. The van der Waals surface area contributed by atoms with Gasteiger partial charge in [0.15, 0.2) is 0 Å². The highest BCUT2D eigenvalue weighted by Crippen LogP contribution is 2.21. The number of hydrogen-bond acceptors (Lipinski definition) is 4. The van der Waals surface area contributed by atoms with Gasteiger partial charge >= 0.3 is 0 Å². The molecule has 0 saturated heterocycles. The lowest BCUT2D eigenvalue weighted by atomic mass is 10.2. The second kappa shape index (κ2) is 7.36. The van der Waals surface area contributed by atoms with Gasteiger partial charge in [-0.2, -0.15) is 0 Å². The van der Waals surface area contributed by atoms with Gasteiger partial charge in [0.1, 0.15) is 18.2 Å². The molecule has 1 heterocycles. The third-order valence-electron chi connectivity index (χ3n) is 2.81. The van der Waals surface area contributed by atoms with Crippen LogP contribution in [0.3, 0.4) is 0 Å². The van der Waals surface area contributed by atoms with E-state index in [4.69, 9.17) is 4.74 Å². The molecular weight excluding hydrogens is 275 g/mol. The van der Waals surface area contributed by atoms with Crippen molar-refractivity contribution in [3.8, 4) is 5.75 Å². The number of hydrogen-bond donors (Lipinski definition) is 1. The van der Waals surface area contributed by atoms with E-state index in [2.05, 4.69) is 17.2 Å². The molecule has 2 rings (SSSR count). The zero-order chi connectivity index (χ0) is 14.4. The molecule has 0 unspecified atom stereocenters. The first kappa shape index (κ1) is 14.9. The average molecular weight is 294 g/mol. The zero-order valence-corrected chi connectivity index (χ0v) is 12.6. The third kappa shape index (κ3) is 4.28. The summed E-state index contributed by atoms with van der Waals surface area (Å²) in [6, 6.07) is 4.62. The lowest BCUT2D eigenvalue weighted by Crippen LogP contribution is -2.15. The largest absolute Gasteiger partial charge is 0.487 e. The van der Waals surface area contributed by atoms with E-state index in [0.29, 0.717) is 18.9 Å². The minimum atomic E-state index is -0.241. The smallest absolute Gasteiger partial charge is 0.131 e. The lowest BCUT2D eigenvalue weighted by molar-refractivity contribution is 0.297. The van der Waals surface area contributed by atoms with E-state index in [1.165, 1.54) is 12.1 Å². The summed E-state index contributed by atoms with van der Waals surface area (Å²) in [6.07, 6.45) is 1.05. The number of thiazole rings is 1. The van der Waals surface area contributed by atoms with Crippen molar-refractivity contribution in [3.63, 3.8) is 0 Å². The molecule has 0 amide bonds.